The number of ether oxygens (including phenoxy) is 2. The lowest BCUT2D eigenvalue weighted by atomic mass is 9.74. The fourth-order valence-corrected chi connectivity index (χ4v) is 3.68. The molecular formula is C18H27NO2. The van der Waals surface area contributed by atoms with Gasteiger partial charge in [-0.25, -0.2) is 0 Å². The van der Waals surface area contributed by atoms with Crippen LogP contribution < -0.4 is 14.8 Å². The van der Waals surface area contributed by atoms with Gasteiger partial charge in [-0.3, -0.25) is 0 Å². The van der Waals surface area contributed by atoms with Crippen LogP contribution in [0.1, 0.15) is 50.0 Å². The molecule has 0 saturated heterocycles. The molecule has 0 spiro atoms. The van der Waals surface area contributed by atoms with Crippen LogP contribution in [-0.2, 0) is 0 Å². The van der Waals surface area contributed by atoms with Crippen molar-refractivity contribution < 1.29 is 9.47 Å². The maximum atomic E-state index is 5.63. The van der Waals surface area contributed by atoms with Gasteiger partial charge in [-0.2, -0.15) is 0 Å². The van der Waals surface area contributed by atoms with Crippen LogP contribution in [0.15, 0.2) is 18.2 Å². The van der Waals surface area contributed by atoms with Crippen LogP contribution in [-0.4, -0.2) is 26.8 Å². The van der Waals surface area contributed by atoms with Crippen LogP contribution in [0, 0.1) is 5.92 Å². The van der Waals surface area contributed by atoms with Crippen molar-refractivity contribution in [1.82, 2.24) is 5.32 Å². The third-order valence-corrected chi connectivity index (χ3v) is 4.99. The largest absolute Gasteiger partial charge is 0.496 e. The van der Waals surface area contributed by atoms with E-state index in [4.69, 9.17) is 9.47 Å². The SMILES string of the molecule is COc1cccc(OC)c1C1CCCCC1CNC1CC1. The van der Waals surface area contributed by atoms with Gasteiger partial charge in [0, 0.05) is 11.6 Å². The molecule has 116 valence electrons. The van der Waals surface area contributed by atoms with Crippen LogP contribution in [0.25, 0.3) is 0 Å². The Morgan fingerprint density at radius 2 is 1.67 bits per heavy atom. The fourth-order valence-electron chi connectivity index (χ4n) is 3.68. The molecule has 1 N–H and O–H groups in total. The van der Waals surface area contributed by atoms with Crippen LogP contribution in [0.5, 0.6) is 11.5 Å². The highest BCUT2D eigenvalue weighted by Crippen LogP contribution is 2.45. The van der Waals surface area contributed by atoms with Gasteiger partial charge in [-0.1, -0.05) is 18.9 Å². The molecule has 3 heteroatoms. The molecule has 0 amide bonds. The molecule has 0 aliphatic heterocycles. The first-order chi connectivity index (χ1) is 10.3. The van der Waals surface area contributed by atoms with Gasteiger partial charge in [0.25, 0.3) is 0 Å². The minimum atomic E-state index is 0.552. The predicted molar refractivity (Wildman–Crippen MR) is 85.3 cm³/mol. The summed E-state index contributed by atoms with van der Waals surface area (Å²) in [5.41, 5.74) is 1.28. The molecule has 3 rings (SSSR count). The van der Waals surface area contributed by atoms with Crippen molar-refractivity contribution in [3.63, 3.8) is 0 Å². The lowest BCUT2D eigenvalue weighted by Gasteiger charge is -2.33. The normalized spacial score (nSPS) is 25.6. The van der Waals surface area contributed by atoms with E-state index in [-0.39, 0.29) is 0 Å². The lowest BCUT2D eigenvalue weighted by molar-refractivity contribution is 0.278. The standard InChI is InChI=1S/C18H27NO2/c1-20-16-8-5-9-17(21-2)18(16)15-7-4-3-6-13(15)12-19-14-10-11-14/h5,8-9,13-15,19H,3-4,6-7,10-12H2,1-2H3. The summed E-state index contributed by atoms with van der Waals surface area (Å²) in [5.74, 6) is 3.22. The van der Waals surface area contributed by atoms with Gasteiger partial charge in [0.15, 0.2) is 0 Å². The zero-order valence-electron chi connectivity index (χ0n) is 13.2. The second-order valence-corrected chi connectivity index (χ2v) is 6.41. The average Bonchev–Trinajstić information content (AvgIpc) is 3.36. The fraction of sp³-hybridized carbons (Fsp3) is 0.667. The minimum absolute atomic E-state index is 0.552. The zero-order valence-corrected chi connectivity index (χ0v) is 13.2. The number of methoxy groups -OCH3 is 2. The Morgan fingerprint density at radius 1 is 1.00 bits per heavy atom. The van der Waals surface area contributed by atoms with Gasteiger partial charge in [-0.05, 0) is 56.2 Å². The van der Waals surface area contributed by atoms with Crippen molar-refractivity contribution in [3.05, 3.63) is 23.8 Å². The molecule has 0 aromatic heterocycles. The van der Waals surface area contributed by atoms with Crippen LogP contribution in [0.2, 0.25) is 0 Å². The van der Waals surface area contributed by atoms with E-state index in [1.807, 2.05) is 6.07 Å². The molecule has 1 aromatic rings. The highest BCUT2D eigenvalue weighted by molar-refractivity contribution is 5.47. The summed E-state index contributed by atoms with van der Waals surface area (Å²) in [6.07, 6.45) is 7.93. The Labute approximate surface area is 128 Å². The first-order valence-corrected chi connectivity index (χ1v) is 8.27. The summed E-state index contributed by atoms with van der Waals surface area (Å²) in [7, 11) is 3.52. The molecule has 0 radical (unpaired) electrons. The van der Waals surface area contributed by atoms with Crippen LogP contribution in [0.3, 0.4) is 0 Å². The van der Waals surface area contributed by atoms with Crippen molar-refractivity contribution in [3.8, 4) is 11.5 Å². The molecule has 21 heavy (non-hydrogen) atoms. The molecule has 2 unspecified atom stereocenters. The first-order valence-electron chi connectivity index (χ1n) is 8.27. The van der Waals surface area contributed by atoms with E-state index in [1.54, 1.807) is 14.2 Å². The Morgan fingerprint density at radius 3 is 2.29 bits per heavy atom. The van der Waals surface area contributed by atoms with E-state index in [0.717, 1.165) is 24.1 Å². The van der Waals surface area contributed by atoms with Gasteiger partial charge in [-0.15, -0.1) is 0 Å². The summed E-state index contributed by atoms with van der Waals surface area (Å²) < 4.78 is 11.3. The molecule has 3 nitrogen and oxygen atoms in total. The van der Waals surface area contributed by atoms with Crippen molar-refractivity contribution in [1.29, 1.82) is 0 Å². The maximum absolute atomic E-state index is 5.63. The first kappa shape index (κ1) is 14.7. The smallest absolute Gasteiger partial charge is 0.126 e. The molecule has 0 heterocycles. The lowest BCUT2D eigenvalue weighted by Crippen LogP contribution is -2.31. The van der Waals surface area contributed by atoms with E-state index in [1.165, 1.54) is 44.1 Å². The number of nitrogens with one attached hydrogen (secondary N) is 1. The van der Waals surface area contributed by atoms with Gasteiger partial charge >= 0.3 is 0 Å². The summed E-state index contributed by atoms with van der Waals surface area (Å²) in [6.45, 7) is 1.14. The zero-order chi connectivity index (χ0) is 14.7. The molecule has 2 aliphatic carbocycles. The number of hydrogen-bond donors (Lipinski definition) is 1. The molecule has 2 fully saturated rings. The molecule has 0 bridgehead atoms. The topological polar surface area (TPSA) is 30.5 Å². The number of benzene rings is 1. The third-order valence-electron chi connectivity index (χ3n) is 4.99. The Kier molecular flexibility index (Phi) is 4.69. The predicted octanol–water partition coefficient (Wildman–Crippen LogP) is 3.73. The van der Waals surface area contributed by atoms with Gasteiger partial charge < -0.3 is 14.8 Å². The Balaban J connectivity index is 1.84. The summed E-state index contributed by atoms with van der Waals surface area (Å²) >= 11 is 0. The molecule has 2 aliphatic rings. The summed E-state index contributed by atoms with van der Waals surface area (Å²) in [5, 5.41) is 3.72. The average molecular weight is 289 g/mol. The van der Waals surface area contributed by atoms with Crippen LogP contribution in [0.4, 0.5) is 0 Å². The van der Waals surface area contributed by atoms with Crippen molar-refractivity contribution in [2.45, 2.75) is 50.5 Å². The second-order valence-electron chi connectivity index (χ2n) is 6.41. The van der Waals surface area contributed by atoms with Crippen molar-refractivity contribution in [2.75, 3.05) is 20.8 Å². The van der Waals surface area contributed by atoms with E-state index < -0.39 is 0 Å². The minimum Gasteiger partial charge on any atom is -0.496 e. The van der Waals surface area contributed by atoms with Gasteiger partial charge in [0.2, 0.25) is 0 Å². The number of rotatable bonds is 6. The summed E-state index contributed by atoms with van der Waals surface area (Å²) in [4.78, 5) is 0. The molecule has 1 aromatic carbocycles. The van der Waals surface area contributed by atoms with Gasteiger partial charge in [0.05, 0.1) is 14.2 Å². The Bertz CT molecular complexity index is 448. The Hall–Kier alpha value is -1.22. The molecule has 2 saturated carbocycles. The summed E-state index contributed by atoms with van der Waals surface area (Å²) in [6, 6.07) is 6.93. The highest BCUT2D eigenvalue weighted by Gasteiger charge is 2.32. The van der Waals surface area contributed by atoms with E-state index >= 15 is 0 Å². The maximum Gasteiger partial charge on any atom is 0.126 e. The van der Waals surface area contributed by atoms with Crippen molar-refractivity contribution in [2.24, 2.45) is 5.92 Å². The molecular weight excluding hydrogens is 262 g/mol. The van der Waals surface area contributed by atoms with E-state index in [2.05, 4.69) is 17.4 Å². The third kappa shape index (κ3) is 3.34. The second kappa shape index (κ2) is 6.69. The van der Waals surface area contributed by atoms with E-state index in [0.29, 0.717) is 11.8 Å². The monoisotopic (exact) mass is 289 g/mol. The molecule has 2 atom stereocenters. The van der Waals surface area contributed by atoms with E-state index in [9.17, 15) is 0 Å². The number of hydrogen-bond acceptors (Lipinski definition) is 3. The highest BCUT2D eigenvalue weighted by atomic mass is 16.5. The van der Waals surface area contributed by atoms with Crippen molar-refractivity contribution >= 4 is 0 Å². The quantitative estimate of drug-likeness (QED) is 0.865. The van der Waals surface area contributed by atoms with Gasteiger partial charge in [0.1, 0.15) is 11.5 Å². The van der Waals surface area contributed by atoms with Crippen LogP contribution >= 0.6 is 0 Å².